The van der Waals surface area contributed by atoms with Crippen molar-refractivity contribution in [2.24, 2.45) is 11.7 Å². The zero-order valence-electron chi connectivity index (χ0n) is 10.1. The second kappa shape index (κ2) is 4.44. The molecule has 1 rings (SSSR count). The number of hydrogen-bond donors (Lipinski definition) is 1. The highest BCUT2D eigenvalue weighted by Gasteiger charge is 2.45. The van der Waals surface area contributed by atoms with Gasteiger partial charge in [0.2, 0.25) is 0 Å². The van der Waals surface area contributed by atoms with E-state index < -0.39 is 0 Å². The maximum Gasteiger partial charge on any atom is 0.0292 e. The lowest BCUT2D eigenvalue weighted by atomic mass is 9.72. The Bertz CT molecular complexity index is 177. The van der Waals surface area contributed by atoms with E-state index in [9.17, 15) is 0 Å². The van der Waals surface area contributed by atoms with Crippen molar-refractivity contribution >= 4 is 11.8 Å². The largest absolute Gasteiger partial charge is 0.329 e. The van der Waals surface area contributed by atoms with Crippen molar-refractivity contribution in [1.29, 1.82) is 0 Å². The summed E-state index contributed by atoms with van der Waals surface area (Å²) in [6.07, 6.45) is 5.41. The van der Waals surface area contributed by atoms with E-state index in [0.29, 0.717) is 9.49 Å². The average Bonchev–Trinajstić information content (AvgIpc) is 1.98. The van der Waals surface area contributed by atoms with Crippen LogP contribution in [0.4, 0.5) is 0 Å². The second-order valence-electron chi connectivity index (χ2n) is 5.66. The van der Waals surface area contributed by atoms with Crippen LogP contribution in [0.15, 0.2) is 0 Å². The van der Waals surface area contributed by atoms with Crippen molar-refractivity contribution in [2.75, 3.05) is 6.54 Å². The fourth-order valence-electron chi connectivity index (χ4n) is 2.55. The van der Waals surface area contributed by atoms with Crippen molar-refractivity contribution < 1.29 is 0 Å². The molecule has 0 spiro atoms. The molecule has 0 bridgehead atoms. The Morgan fingerprint density at radius 1 is 1.36 bits per heavy atom. The summed E-state index contributed by atoms with van der Waals surface area (Å²) in [5.74, 6) is 0.957. The predicted octanol–water partition coefficient (Wildman–Crippen LogP) is 3.43. The van der Waals surface area contributed by atoms with Gasteiger partial charge in [-0.2, -0.15) is 0 Å². The van der Waals surface area contributed by atoms with Gasteiger partial charge in [-0.3, -0.25) is 0 Å². The summed E-state index contributed by atoms with van der Waals surface area (Å²) in [6, 6.07) is 0. The molecule has 2 N–H and O–H groups in total. The minimum absolute atomic E-state index is 0.358. The molecular weight excluding hydrogens is 190 g/mol. The number of hydrogen-bond acceptors (Lipinski definition) is 2. The fraction of sp³-hybridized carbons (Fsp3) is 1.00. The highest BCUT2D eigenvalue weighted by Crippen LogP contribution is 2.52. The molecule has 2 heteroatoms. The number of nitrogens with two attached hydrogens (primary N) is 1. The van der Waals surface area contributed by atoms with E-state index in [0.717, 1.165) is 12.5 Å². The molecule has 0 saturated heterocycles. The molecule has 1 nitrogen and oxygen atoms in total. The predicted molar refractivity (Wildman–Crippen MR) is 66.8 cm³/mol. The van der Waals surface area contributed by atoms with Gasteiger partial charge >= 0.3 is 0 Å². The maximum absolute atomic E-state index is 5.91. The van der Waals surface area contributed by atoms with E-state index in [1.165, 1.54) is 25.7 Å². The summed E-state index contributed by atoms with van der Waals surface area (Å²) in [5, 5.41) is 0. The standard InChI is InChI=1S/C12H25NS/c1-5-6-10-7-12(8-10,9-13)14-11(2,3)4/h10H,5-9,13H2,1-4H3. The molecule has 1 aliphatic carbocycles. The molecule has 0 amide bonds. The van der Waals surface area contributed by atoms with Crippen LogP contribution >= 0.6 is 11.8 Å². The van der Waals surface area contributed by atoms with Gasteiger partial charge in [0.05, 0.1) is 0 Å². The van der Waals surface area contributed by atoms with Crippen LogP contribution in [0.3, 0.4) is 0 Å². The highest BCUT2D eigenvalue weighted by molar-refractivity contribution is 8.02. The van der Waals surface area contributed by atoms with Gasteiger partial charge < -0.3 is 5.73 Å². The Kier molecular flexibility index (Phi) is 3.93. The smallest absolute Gasteiger partial charge is 0.0292 e. The molecule has 0 unspecified atom stereocenters. The van der Waals surface area contributed by atoms with Crippen LogP contribution in [0.2, 0.25) is 0 Å². The van der Waals surface area contributed by atoms with Crippen molar-refractivity contribution in [1.82, 2.24) is 0 Å². The first-order chi connectivity index (χ1) is 6.41. The van der Waals surface area contributed by atoms with E-state index >= 15 is 0 Å². The summed E-state index contributed by atoms with van der Waals surface area (Å²) < 4.78 is 0.772. The molecule has 0 atom stereocenters. The molecule has 84 valence electrons. The number of rotatable bonds is 4. The molecule has 0 aromatic heterocycles. The van der Waals surface area contributed by atoms with Gasteiger partial charge in [0.25, 0.3) is 0 Å². The molecule has 1 fully saturated rings. The summed E-state index contributed by atoms with van der Waals surface area (Å²) >= 11 is 2.10. The zero-order valence-corrected chi connectivity index (χ0v) is 10.9. The molecular formula is C12H25NS. The van der Waals surface area contributed by atoms with Gasteiger partial charge in [-0.1, -0.05) is 40.5 Å². The molecule has 0 aromatic rings. The van der Waals surface area contributed by atoms with Crippen LogP contribution in [-0.4, -0.2) is 16.0 Å². The molecule has 0 radical (unpaired) electrons. The summed E-state index contributed by atoms with van der Waals surface area (Å²) in [7, 11) is 0. The third-order valence-corrected chi connectivity index (χ3v) is 4.46. The Labute approximate surface area is 93.2 Å². The Hall–Kier alpha value is 0.310. The van der Waals surface area contributed by atoms with E-state index in [-0.39, 0.29) is 0 Å². The first-order valence-electron chi connectivity index (χ1n) is 5.81. The third-order valence-electron chi connectivity index (χ3n) is 2.91. The molecule has 0 heterocycles. The molecule has 1 aliphatic rings. The van der Waals surface area contributed by atoms with Crippen LogP contribution in [0, 0.1) is 5.92 Å². The van der Waals surface area contributed by atoms with Crippen LogP contribution in [0.5, 0.6) is 0 Å². The van der Waals surface area contributed by atoms with E-state index in [1.54, 1.807) is 0 Å². The summed E-state index contributed by atoms with van der Waals surface area (Å²) in [4.78, 5) is 0. The summed E-state index contributed by atoms with van der Waals surface area (Å²) in [6.45, 7) is 10.0. The first kappa shape index (κ1) is 12.4. The Morgan fingerprint density at radius 3 is 2.29 bits per heavy atom. The van der Waals surface area contributed by atoms with Gasteiger partial charge in [-0.15, -0.1) is 11.8 Å². The lowest BCUT2D eigenvalue weighted by Crippen LogP contribution is -2.49. The first-order valence-corrected chi connectivity index (χ1v) is 6.63. The lowest BCUT2D eigenvalue weighted by Gasteiger charge is -2.49. The van der Waals surface area contributed by atoms with Crippen molar-refractivity contribution in [3.8, 4) is 0 Å². The summed E-state index contributed by atoms with van der Waals surface area (Å²) in [5.41, 5.74) is 5.91. The topological polar surface area (TPSA) is 26.0 Å². The normalized spacial score (nSPS) is 32.8. The Balaban J connectivity index is 2.41. The fourth-order valence-corrected chi connectivity index (χ4v) is 4.57. The van der Waals surface area contributed by atoms with Gasteiger partial charge in [0.1, 0.15) is 0 Å². The molecule has 14 heavy (non-hydrogen) atoms. The lowest BCUT2D eigenvalue weighted by molar-refractivity contribution is 0.219. The molecule has 1 saturated carbocycles. The quantitative estimate of drug-likeness (QED) is 0.777. The van der Waals surface area contributed by atoms with Gasteiger partial charge in [-0.25, -0.2) is 0 Å². The average molecular weight is 215 g/mol. The van der Waals surface area contributed by atoms with Crippen molar-refractivity contribution in [3.05, 3.63) is 0 Å². The minimum Gasteiger partial charge on any atom is -0.329 e. The van der Waals surface area contributed by atoms with Crippen molar-refractivity contribution in [3.63, 3.8) is 0 Å². The van der Waals surface area contributed by atoms with E-state index in [4.69, 9.17) is 5.73 Å². The van der Waals surface area contributed by atoms with E-state index in [1.807, 2.05) is 0 Å². The molecule has 0 aromatic carbocycles. The highest BCUT2D eigenvalue weighted by atomic mass is 32.2. The SMILES string of the molecule is CCCC1CC(CN)(SC(C)(C)C)C1. The van der Waals surface area contributed by atoms with Gasteiger partial charge in [0.15, 0.2) is 0 Å². The maximum atomic E-state index is 5.91. The zero-order chi connectivity index (χ0) is 10.8. The van der Waals surface area contributed by atoms with Crippen LogP contribution in [-0.2, 0) is 0 Å². The Morgan fingerprint density at radius 2 is 1.93 bits per heavy atom. The van der Waals surface area contributed by atoms with Gasteiger partial charge in [0, 0.05) is 16.0 Å². The monoisotopic (exact) mass is 215 g/mol. The van der Waals surface area contributed by atoms with Crippen LogP contribution in [0.1, 0.15) is 53.4 Å². The third kappa shape index (κ3) is 3.16. The van der Waals surface area contributed by atoms with Crippen molar-refractivity contribution in [2.45, 2.75) is 62.9 Å². The van der Waals surface area contributed by atoms with Gasteiger partial charge in [-0.05, 0) is 18.8 Å². The van der Waals surface area contributed by atoms with Crippen LogP contribution in [0.25, 0.3) is 0 Å². The molecule has 0 aliphatic heterocycles. The minimum atomic E-state index is 0.358. The second-order valence-corrected chi connectivity index (χ2v) is 7.96. The van der Waals surface area contributed by atoms with E-state index in [2.05, 4.69) is 39.5 Å². The number of thioether (sulfide) groups is 1. The van der Waals surface area contributed by atoms with Crippen LogP contribution < -0.4 is 5.73 Å².